The van der Waals surface area contributed by atoms with Crippen molar-refractivity contribution in [2.24, 2.45) is 0 Å². The van der Waals surface area contributed by atoms with Gasteiger partial charge in [-0.1, -0.05) is 37.6 Å². The normalized spacial score (nSPS) is 23.8. The van der Waals surface area contributed by atoms with Crippen molar-refractivity contribution in [2.45, 2.75) is 70.1 Å². The number of nitrogens with zero attached hydrogens (tertiary/aromatic N) is 4. The number of nitrogen functional groups attached to an aromatic ring is 1. The minimum atomic E-state index is -4.77. The molecule has 0 bridgehead atoms. The molecule has 1 aliphatic heterocycles. The van der Waals surface area contributed by atoms with Crippen LogP contribution >= 0.6 is 7.82 Å². The molecule has 226 valence electrons. The molecule has 0 spiro atoms. The number of rotatable bonds is 9. The lowest BCUT2D eigenvalue weighted by molar-refractivity contribution is -0.190. The summed E-state index contributed by atoms with van der Waals surface area (Å²) in [5.74, 6) is 0.155. The molecule has 4 rings (SSSR count). The molecule has 1 aliphatic rings. The number of phosphoric acid groups is 1. The van der Waals surface area contributed by atoms with Crippen LogP contribution in [0.25, 0.3) is 5.52 Å². The van der Waals surface area contributed by atoms with Gasteiger partial charge in [0.05, 0.1) is 18.4 Å². The topological polar surface area (TPSA) is 210 Å². The number of anilines is 1. The van der Waals surface area contributed by atoms with Crippen molar-refractivity contribution in [2.75, 3.05) is 12.3 Å². The van der Waals surface area contributed by atoms with E-state index in [1.54, 1.807) is 26.0 Å². The van der Waals surface area contributed by atoms with E-state index in [0.29, 0.717) is 5.52 Å². The van der Waals surface area contributed by atoms with Crippen molar-refractivity contribution in [1.82, 2.24) is 14.6 Å². The van der Waals surface area contributed by atoms with E-state index in [4.69, 9.17) is 28.9 Å². The summed E-state index contributed by atoms with van der Waals surface area (Å²) in [5.41, 5.74) is 4.91. The lowest BCUT2D eigenvalue weighted by Gasteiger charge is -2.24. The fourth-order valence-electron chi connectivity index (χ4n) is 4.21. The van der Waals surface area contributed by atoms with E-state index >= 15 is 0 Å². The number of nitriles is 1. The molecule has 0 amide bonds. The number of hydrogen-bond donors (Lipinski definition) is 3. The van der Waals surface area contributed by atoms with Crippen LogP contribution in [0.4, 0.5) is 10.6 Å². The van der Waals surface area contributed by atoms with Gasteiger partial charge in [0, 0.05) is 0 Å². The summed E-state index contributed by atoms with van der Waals surface area (Å²) in [7, 11) is -4.77. The second-order valence-electron chi connectivity index (χ2n) is 10.8. The van der Waals surface area contributed by atoms with Gasteiger partial charge in [-0.15, -0.1) is 0 Å². The Morgan fingerprint density at radius 2 is 1.93 bits per heavy atom. The molecule has 0 aliphatic carbocycles. The maximum atomic E-state index is 13.6. The predicted molar refractivity (Wildman–Crippen MR) is 145 cm³/mol. The highest BCUT2D eigenvalue weighted by Gasteiger charge is 2.58. The summed E-state index contributed by atoms with van der Waals surface area (Å²) in [6, 6.07) is 11.4. The van der Waals surface area contributed by atoms with Gasteiger partial charge in [-0.3, -0.25) is 4.52 Å². The summed E-state index contributed by atoms with van der Waals surface area (Å²) in [6.07, 6.45) is -5.66. The number of ether oxygens (including phenoxy) is 2. The Morgan fingerprint density at radius 1 is 1.24 bits per heavy atom. The fraction of sp³-hybridized carbons (Fsp3) is 0.462. The Hall–Kier alpha value is -3.77. The predicted octanol–water partition coefficient (Wildman–Crippen LogP) is 3.15. The quantitative estimate of drug-likeness (QED) is 0.138. The number of aliphatic hydroxyl groups is 2. The van der Waals surface area contributed by atoms with Crippen molar-refractivity contribution >= 4 is 25.3 Å². The molecule has 2 aromatic heterocycles. The zero-order valence-corrected chi connectivity index (χ0v) is 24.4. The van der Waals surface area contributed by atoms with E-state index in [-0.39, 0.29) is 22.7 Å². The second-order valence-corrected chi connectivity index (χ2v) is 12.3. The first kappa shape index (κ1) is 31.2. The summed E-state index contributed by atoms with van der Waals surface area (Å²) < 4.78 is 41.0. The SMILES string of the molecule is CC(C)OC(=O)OOP(=O)(OC[C@H]1O[C@@](C#N)(c2ccc3c(N)ncnn23)[C@H](O)[C@@H]1O)Oc1ccc(C(C)(C)C)cc1. The van der Waals surface area contributed by atoms with E-state index < -0.39 is 50.6 Å². The molecule has 16 heteroatoms. The summed E-state index contributed by atoms with van der Waals surface area (Å²) in [4.78, 5) is 20.3. The first-order chi connectivity index (χ1) is 19.7. The average Bonchev–Trinajstić information content (AvgIpc) is 3.47. The van der Waals surface area contributed by atoms with Gasteiger partial charge in [0.1, 0.15) is 42.0 Å². The number of benzene rings is 1. The minimum absolute atomic E-state index is 0.0448. The molecule has 0 radical (unpaired) electrons. The molecule has 5 atom stereocenters. The lowest BCUT2D eigenvalue weighted by atomic mass is 9.87. The molecule has 1 aromatic carbocycles. The monoisotopic (exact) mass is 605 g/mol. The number of carbonyl (C=O) groups excluding carboxylic acids is 1. The number of aromatic nitrogens is 3. The molecule has 3 aromatic rings. The van der Waals surface area contributed by atoms with Gasteiger partial charge in [0.2, 0.25) is 5.60 Å². The smallest absolute Gasteiger partial charge is 0.430 e. The van der Waals surface area contributed by atoms with Crippen LogP contribution in [0.5, 0.6) is 5.75 Å². The Labute approximate surface area is 241 Å². The van der Waals surface area contributed by atoms with Crippen molar-refractivity contribution in [3.05, 3.63) is 54.0 Å². The van der Waals surface area contributed by atoms with Gasteiger partial charge in [-0.2, -0.15) is 10.4 Å². The van der Waals surface area contributed by atoms with Crippen LogP contribution in [0.3, 0.4) is 0 Å². The van der Waals surface area contributed by atoms with Crippen LogP contribution < -0.4 is 10.3 Å². The molecule has 42 heavy (non-hydrogen) atoms. The Kier molecular flexibility index (Phi) is 8.79. The molecule has 0 saturated carbocycles. The first-order valence-corrected chi connectivity index (χ1v) is 14.3. The van der Waals surface area contributed by atoms with Crippen molar-refractivity contribution in [1.29, 1.82) is 5.26 Å². The average molecular weight is 606 g/mol. The van der Waals surface area contributed by atoms with Gasteiger partial charge in [-0.05, 0) is 49.1 Å². The third-order valence-corrected chi connectivity index (χ3v) is 7.51. The summed E-state index contributed by atoms with van der Waals surface area (Å²) in [6.45, 7) is 8.41. The molecule has 1 fully saturated rings. The number of aliphatic hydroxyl groups excluding tert-OH is 2. The van der Waals surface area contributed by atoms with E-state index in [0.717, 1.165) is 11.9 Å². The minimum Gasteiger partial charge on any atom is -0.430 e. The van der Waals surface area contributed by atoms with Crippen molar-refractivity contribution < 1.29 is 47.7 Å². The largest absolute Gasteiger partial charge is 0.567 e. The maximum Gasteiger partial charge on any atom is 0.567 e. The first-order valence-electron chi connectivity index (χ1n) is 12.8. The van der Waals surface area contributed by atoms with Crippen LogP contribution in [0.2, 0.25) is 0 Å². The van der Waals surface area contributed by atoms with Crippen LogP contribution in [0, 0.1) is 11.3 Å². The van der Waals surface area contributed by atoms with E-state index in [2.05, 4.69) is 15.0 Å². The zero-order valence-electron chi connectivity index (χ0n) is 23.5. The summed E-state index contributed by atoms with van der Waals surface area (Å²) in [5, 5.41) is 35.9. The number of carbonyl (C=O) groups is 1. The molecule has 3 heterocycles. The van der Waals surface area contributed by atoms with Crippen molar-refractivity contribution in [3.8, 4) is 11.8 Å². The number of phosphoric ester groups is 1. The van der Waals surface area contributed by atoms with Crippen molar-refractivity contribution in [3.63, 3.8) is 0 Å². The highest BCUT2D eigenvalue weighted by Crippen LogP contribution is 2.51. The zero-order chi connectivity index (χ0) is 30.9. The fourth-order valence-corrected chi connectivity index (χ4v) is 5.20. The van der Waals surface area contributed by atoms with E-state index in [1.165, 1.54) is 28.8 Å². The van der Waals surface area contributed by atoms with Gasteiger partial charge < -0.3 is 29.9 Å². The third-order valence-electron chi connectivity index (χ3n) is 6.35. The number of nitrogens with two attached hydrogens (primary N) is 1. The van der Waals surface area contributed by atoms with Crippen LogP contribution in [-0.2, 0) is 39.1 Å². The highest BCUT2D eigenvalue weighted by molar-refractivity contribution is 7.48. The van der Waals surface area contributed by atoms with Gasteiger partial charge in [0.25, 0.3) is 0 Å². The Balaban J connectivity index is 1.56. The molecule has 15 nitrogen and oxygen atoms in total. The second kappa shape index (κ2) is 11.8. The molecule has 1 unspecified atom stereocenters. The number of hydrogen-bond acceptors (Lipinski definition) is 14. The van der Waals surface area contributed by atoms with Crippen LogP contribution in [-0.4, -0.2) is 62.0 Å². The number of fused-ring (bicyclic) bond motifs is 1. The van der Waals surface area contributed by atoms with E-state index in [1.807, 2.05) is 26.8 Å². The van der Waals surface area contributed by atoms with Gasteiger partial charge in [0.15, 0.2) is 5.82 Å². The molecular formula is C26H32N5O10P. The Bertz CT molecular complexity index is 1520. The highest BCUT2D eigenvalue weighted by atomic mass is 31.2. The molecule has 4 N–H and O–H groups in total. The van der Waals surface area contributed by atoms with Gasteiger partial charge >= 0.3 is 14.0 Å². The third kappa shape index (κ3) is 6.34. The Morgan fingerprint density at radius 3 is 2.55 bits per heavy atom. The van der Waals surface area contributed by atoms with Crippen LogP contribution in [0.15, 0.2) is 42.7 Å². The summed E-state index contributed by atoms with van der Waals surface area (Å²) >= 11 is 0. The molecule has 1 saturated heterocycles. The van der Waals surface area contributed by atoms with Crippen LogP contribution in [0.1, 0.15) is 45.9 Å². The maximum absolute atomic E-state index is 13.6. The standard InChI is InChI=1S/C26H32N5O10P/c1-15(2)37-24(34)39-41-42(35,40-17-8-6-16(7-9-17)25(3,4)5)36-12-19-21(32)22(33)26(13-27,38-19)20-11-10-18-23(28)29-14-30-31(18)20/h6-11,14-15,19,21-22,32-33H,12H2,1-5H3,(H2,28,29,30)/t19-,21-,22-,26+,42?/m1/s1. The van der Waals surface area contributed by atoms with Gasteiger partial charge in [-0.25, -0.2) is 23.7 Å². The molecular weight excluding hydrogens is 573 g/mol. The van der Waals surface area contributed by atoms with E-state index in [9.17, 15) is 24.8 Å². The lowest BCUT2D eigenvalue weighted by Crippen LogP contribution is -2.41.